The van der Waals surface area contributed by atoms with Crippen LogP contribution in [0.4, 0.5) is 5.69 Å². The standard InChI is InChI=1S/C21H23N3O5S/c1-3-4-11-29-17-7-5-6-15(13-17)20(25)22-21-23(10-12-28-2)18-14-16(24(26)27)8-9-19(18)30-21/h5-9,13-14H,3-4,10-12H2,1-2H3. The first-order valence-corrected chi connectivity index (χ1v) is 10.4. The number of benzene rings is 2. The number of nitro groups is 1. The number of methoxy groups -OCH3 is 1. The lowest BCUT2D eigenvalue weighted by molar-refractivity contribution is -0.384. The lowest BCUT2D eigenvalue weighted by atomic mass is 10.2. The van der Waals surface area contributed by atoms with Crippen molar-refractivity contribution in [3.8, 4) is 5.75 Å². The van der Waals surface area contributed by atoms with Gasteiger partial charge in [0.05, 0.1) is 28.4 Å². The Morgan fingerprint density at radius 3 is 2.80 bits per heavy atom. The summed E-state index contributed by atoms with van der Waals surface area (Å²) < 4.78 is 13.4. The highest BCUT2D eigenvalue weighted by atomic mass is 32.1. The Morgan fingerprint density at radius 2 is 2.07 bits per heavy atom. The van der Waals surface area contributed by atoms with E-state index >= 15 is 0 Å². The molecule has 3 rings (SSSR count). The minimum atomic E-state index is -0.441. The van der Waals surface area contributed by atoms with Crippen molar-refractivity contribution < 1.29 is 19.2 Å². The number of carbonyl (C=O) groups is 1. The van der Waals surface area contributed by atoms with Crippen LogP contribution in [0, 0.1) is 10.1 Å². The van der Waals surface area contributed by atoms with E-state index in [9.17, 15) is 14.9 Å². The molecule has 0 bridgehead atoms. The Labute approximate surface area is 177 Å². The zero-order chi connectivity index (χ0) is 21.5. The SMILES string of the molecule is CCCCOc1cccc(C(=O)N=c2sc3ccc([N+](=O)[O-])cc3n2CCOC)c1. The normalized spacial score (nSPS) is 11.7. The maximum Gasteiger partial charge on any atom is 0.279 e. The van der Waals surface area contributed by atoms with Gasteiger partial charge in [0.25, 0.3) is 11.6 Å². The third-order valence-electron chi connectivity index (χ3n) is 4.44. The summed E-state index contributed by atoms with van der Waals surface area (Å²) in [6.45, 7) is 3.48. The van der Waals surface area contributed by atoms with Gasteiger partial charge in [0, 0.05) is 31.4 Å². The maximum atomic E-state index is 12.8. The van der Waals surface area contributed by atoms with Gasteiger partial charge in [-0.3, -0.25) is 14.9 Å². The molecule has 0 atom stereocenters. The van der Waals surface area contributed by atoms with Gasteiger partial charge in [0.15, 0.2) is 4.80 Å². The first-order chi connectivity index (χ1) is 14.5. The molecule has 0 aliphatic heterocycles. The van der Waals surface area contributed by atoms with E-state index in [2.05, 4.69) is 11.9 Å². The number of hydrogen-bond acceptors (Lipinski definition) is 6. The lowest BCUT2D eigenvalue weighted by Gasteiger charge is -2.06. The molecule has 0 aliphatic rings. The predicted molar refractivity (Wildman–Crippen MR) is 115 cm³/mol. The van der Waals surface area contributed by atoms with Crippen LogP contribution in [-0.4, -0.2) is 35.7 Å². The summed E-state index contributed by atoms with van der Waals surface area (Å²) in [5.41, 5.74) is 1.06. The zero-order valence-corrected chi connectivity index (χ0v) is 17.7. The molecule has 0 unspecified atom stereocenters. The summed E-state index contributed by atoms with van der Waals surface area (Å²) in [6, 6.07) is 11.6. The number of nitro benzene ring substituents is 1. The number of unbranched alkanes of at least 4 members (excludes halogenated alkanes) is 1. The molecule has 30 heavy (non-hydrogen) atoms. The van der Waals surface area contributed by atoms with Crippen LogP contribution in [0.3, 0.4) is 0 Å². The van der Waals surface area contributed by atoms with E-state index in [0.717, 1.165) is 17.5 Å². The Morgan fingerprint density at radius 1 is 1.23 bits per heavy atom. The van der Waals surface area contributed by atoms with E-state index in [-0.39, 0.29) is 5.69 Å². The summed E-state index contributed by atoms with van der Waals surface area (Å²) in [4.78, 5) is 28.3. The molecule has 0 aliphatic carbocycles. The lowest BCUT2D eigenvalue weighted by Crippen LogP contribution is -2.19. The fourth-order valence-corrected chi connectivity index (χ4v) is 3.89. The van der Waals surface area contributed by atoms with Crippen molar-refractivity contribution in [3.63, 3.8) is 0 Å². The monoisotopic (exact) mass is 429 g/mol. The van der Waals surface area contributed by atoms with E-state index < -0.39 is 10.8 Å². The predicted octanol–water partition coefficient (Wildman–Crippen LogP) is 4.18. The molecule has 8 nitrogen and oxygen atoms in total. The van der Waals surface area contributed by atoms with Crippen molar-refractivity contribution in [2.45, 2.75) is 26.3 Å². The first kappa shape index (κ1) is 21.7. The summed E-state index contributed by atoms with van der Waals surface area (Å²) in [5.74, 6) is 0.229. The minimum Gasteiger partial charge on any atom is -0.494 e. The van der Waals surface area contributed by atoms with Crippen LogP contribution in [0.2, 0.25) is 0 Å². The van der Waals surface area contributed by atoms with Crippen LogP contribution in [0.15, 0.2) is 47.5 Å². The Bertz CT molecular complexity index is 1120. The maximum absolute atomic E-state index is 12.8. The molecule has 9 heteroatoms. The number of amides is 1. The number of aromatic nitrogens is 1. The van der Waals surface area contributed by atoms with Crippen LogP contribution in [0.1, 0.15) is 30.1 Å². The third kappa shape index (κ3) is 5.11. The highest BCUT2D eigenvalue weighted by Gasteiger charge is 2.14. The average Bonchev–Trinajstić information content (AvgIpc) is 3.08. The molecule has 158 valence electrons. The number of carbonyl (C=O) groups excluding carboxylic acids is 1. The third-order valence-corrected chi connectivity index (χ3v) is 5.50. The molecule has 0 saturated heterocycles. The number of nitrogens with zero attached hydrogens (tertiary/aromatic N) is 3. The van der Waals surface area contributed by atoms with Crippen LogP contribution in [-0.2, 0) is 11.3 Å². The summed E-state index contributed by atoms with van der Waals surface area (Å²) in [7, 11) is 1.57. The van der Waals surface area contributed by atoms with Crippen LogP contribution in [0.5, 0.6) is 5.75 Å². The molecule has 1 heterocycles. The molecule has 0 spiro atoms. The number of rotatable bonds is 9. The van der Waals surface area contributed by atoms with Crippen LogP contribution >= 0.6 is 11.3 Å². The van der Waals surface area contributed by atoms with E-state index in [0.29, 0.717) is 41.4 Å². The van der Waals surface area contributed by atoms with Crippen molar-refractivity contribution in [1.82, 2.24) is 4.57 Å². The van der Waals surface area contributed by atoms with E-state index in [1.54, 1.807) is 35.9 Å². The first-order valence-electron chi connectivity index (χ1n) is 9.62. The summed E-state index contributed by atoms with van der Waals surface area (Å²) in [6.07, 6.45) is 1.97. The van der Waals surface area contributed by atoms with Crippen LogP contribution in [0.25, 0.3) is 10.2 Å². The molecule has 1 aromatic heterocycles. The second kappa shape index (κ2) is 10.1. The summed E-state index contributed by atoms with van der Waals surface area (Å²) >= 11 is 1.30. The number of thiazole rings is 1. The highest BCUT2D eigenvalue weighted by Crippen LogP contribution is 2.23. The fraction of sp³-hybridized carbons (Fsp3) is 0.333. The average molecular weight is 429 g/mol. The molecular formula is C21H23N3O5S. The number of hydrogen-bond donors (Lipinski definition) is 0. The zero-order valence-electron chi connectivity index (χ0n) is 16.9. The van der Waals surface area contributed by atoms with Gasteiger partial charge in [0.1, 0.15) is 5.75 Å². The van der Waals surface area contributed by atoms with E-state index in [1.165, 1.54) is 23.5 Å². The molecule has 0 N–H and O–H groups in total. The van der Waals surface area contributed by atoms with Gasteiger partial charge < -0.3 is 14.0 Å². The Kier molecular flexibility index (Phi) is 7.31. The topological polar surface area (TPSA) is 96.0 Å². The van der Waals surface area contributed by atoms with Crippen molar-refractivity contribution in [2.75, 3.05) is 20.3 Å². The molecule has 2 aromatic carbocycles. The van der Waals surface area contributed by atoms with Crippen molar-refractivity contribution in [3.05, 3.63) is 62.9 Å². The smallest absolute Gasteiger partial charge is 0.279 e. The molecular weight excluding hydrogens is 406 g/mol. The van der Waals surface area contributed by atoms with Crippen molar-refractivity contribution >= 4 is 33.1 Å². The number of ether oxygens (including phenoxy) is 2. The molecule has 0 saturated carbocycles. The minimum absolute atomic E-state index is 0.0127. The Hall–Kier alpha value is -3.04. The van der Waals surface area contributed by atoms with Gasteiger partial charge in [-0.05, 0) is 30.7 Å². The van der Waals surface area contributed by atoms with Crippen LogP contribution < -0.4 is 9.54 Å². The second-order valence-electron chi connectivity index (χ2n) is 6.59. The van der Waals surface area contributed by atoms with Gasteiger partial charge in [-0.2, -0.15) is 4.99 Å². The number of non-ortho nitro benzene ring substituents is 1. The summed E-state index contributed by atoms with van der Waals surface area (Å²) in [5, 5.41) is 11.2. The molecule has 1 amide bonds. The largest absolute Gasteiger partial charge is 0.494 e. The van der Waals surface area contributed by atoms with Gasteiger partial charge in [-0.15, -0.1) is 0 Å². The van der Waals surface area contributed by atoms with Crippen molar-refractivity contribution in [1.29, 1.82) is 0 Å². The fourth-order valence-electron chi connectivity index (χ4n) is 2.86. The van der Waals surface area contributed by atoms with Gasteiger partial charge in [-0.1, -0.05) is 30.7 Å². The Balaban J connectivity index is 1.99. The molecule has 3 aromatic rings. The second-order valence-corrected chi connectivity index (χ2v) is 7.59. The molecule has 0 radical (unpaired) electrons. The number of fused-ring (bicyclic) bond motifs is 1. The van der Waals surface area contributed by atoms with E-state index in [1.807, 2.05) is 6.07 Å². The van der Waals surface area contributed by atoms with Gasteiger partial charge >= 0.3 is 0 Å². The highest BCUT2D eigenvalue weighted by molar-refractivity contribution is 7.16. The van der Waals surface area contributed by atoms with Gasteiger partial charge in [-0.25, -0.2) is 0 Å². The van der Waals surface area contributed by atoms with E-state index in [4.69, 9.17) is 9.47 Å². The molecule has 0 fully saturated rings. The quantitative estimate of drug-likeness (QED) is 0.289. The van der Waals surface area contributed by atoms with Crippen molar-refractivity contribution in [2.24, 2.45) is 4.99 Å². The van der Waals surface area contributed by atoms with Gasteiger partial charge in [0.2, 0.25) is 0 Å².